The summed E-state index contributed by atoms with van der Waals surface area (Å²) in [5.41, 5.74) is 5.59. The number of carboxylic acid groups (broad SMARTS) is 1. The summed E-state index contributed by atoms with van der Waals surface area (Å²) >= 11 is 0. The van der Waals surface area contributed by atoms with Gasteiger partial charge in [-0.25, -0.2) is 0 Å². The van der Waals surface area contributed by atoms with E-state index in [1.54, 1.807) is 0 Å². The maximum absolute atomic E-state index is 11.9. The fraction of sp³-hybridized carbons (Fsp3) is 0.867. The highest BCUT2D eigenvalue weighted by Gasteiger charge is 2.18. The molecule has 0 heterocycles. The first-order chi connectivity index (χ1) is 9.42. The summed E-state index contributed by atoms with van der Waals surface area (Å²) in [6.07, 6.45) is 3.44. The molecule has 0 aromatic carbocycles. The Morgan fingerprint density at radius 2 is 1.85 bits per heavy atom. The van der Waals surface area contributed by atoms with Crippen LogP contribution in [-0.4, -0.2) is 30.1 Å². The molecule has 0 aliphatic heterocycles. The summed E-state index contributed by atoms with van der Waals surface area (Å²) < 4.78 is 0. The van der Waals surface area contributed by atoms with Crippen LogP contribution >= 0.6 is 0 Å². The van der Waals surface area contributed by atoms with E-state index in [4.69, 9.17) is 10.8 Å². The lowest BCUT2D eigenvalue weighted by molar-refractivity contribution is -0.137. The molecule has 1 amide bonds. The summed E-state index contributed by atoms with van der Waals surface area (Å²) in [5.74, 6) is -0.0847. The van der Waals surface area contributed by atoms with Crippen LogP contribution in [0.15, 0.2) is 0 Å². The molecule has 0 spiro atoms. The zero-order valence-electron chi connectivity index (χ0n) is 13.0. The third-order valence-electron chi connectivity index (χ3n) is 3.78. The third-order valence-corrected chi connectivity index (χ3v) is 3.78. The third kappa shape index (κ3) is 8.15. The second kappa shape index (κ2) is 10.7. The molecule has 5 nitrogen and oxygen atoms in total. The van der Waals surface area contributed by atoms with Crippen molar-refractivity contribution in [2.45, 2.75) is 52.9 Å². The monoisotopic (exact) mass is 286 g/mol. The van der Waals surface area contributed by atoms with Gasteiger partial charge in [0.05, 0.1) is 5.92 Å². The van der Waals surface area contributed by atoms with E-state index in [1.165, 1.54) is 0 Å². The van der Waals surface area contributed by atoms with Crippen molar-refractivity contribution in [2.75, 3.05) is 13.1 Å². The number of aliphatic carboxylic acids is 1. The number of hydrogen-bond acceptors (Lipinski definition) is 3. The topological polar surface area (TPSA) is 92.4 Å². The Kier molecular flexibility index (Phi) is 10.1. The van der Waals surface area contributed by atoms with Gasteiger partial charge in [-0.15, -0.1) is 0 Å². The van der Waals surface area contributed by atoms with Crippen LogP contribution in [0.25, 0.3) is 0 Å². The second-order valence-corrected chi connectivity index (χ2v) is 5.74. The van der Waals surface area contributed by atoms with Gasteiger partial charge in [0.15, 0.2) is 0 Å². The van der Waals surface area contributed by atoms with Crippen molar-refractivity contribution in [2.24, 2.45) is 23.5 Å². The van der Waals surface area contributed by atoms with Crippen LogP contribution in [0.4, 0.5) is 0 Å². The van der Waals surface area contributed by atoms with Crippen molar-refractivity contribution < 1.29 is 14.7 Å². The first-order valence-electron chi connectivity index (χ1n) is 7.61. The molecule has 0 fully saturated rings. The average Bonchev–Trinajstić information content (AvgIpc) is 2.38. The summed E-state index contributed by atoms with van der Waals surface area (Å²) in [6.45, 7) is 7.20. The van der Waals surface area contributed by atoms with E-state index in [2.05, 4.69) is 19.2 Å². The Labute approximate surface area is 122 Å². The van der Waals surface area contributed by atoms with Crippen LogP contribution < -0.4 is 11.1 Å². The molecule has 0 saturated carbocycles. The minimum absolute atomic E-state index is 0.0232. The highest BCUT2D eigenvalue weighted by atomic mass is 16.4. The molecule has 0 aromatic heterocycles. The SMILES string of the molecule is CCCC(CN)C(=O)NCCC(CCC(=O)O)C(C)C. The van der Waals surface area contributed by atoms with Crippen LogP contribution in [-0.2, 0) is 9.59 Å². The minimum Gasteiger partial charge on any atom is -0.481 e. The predicted octanol–water partition coefficient (Wildman–Crippen LogP) is 2.00. The summed E-state index contributed by atoms with van der Waals surface area (Å²) in [5, 5.41) is 11.7. The van der Waals surface area contributed by atoms with Gasteiger partial charge in [-0.05, 0) is 31.1 Å². The summed E-state index contributed by atoms with van der Waals surface area (Å²) in [7, 11) is 0. The maximum atomic E-state index is 11.9. The number of nitrogens with one attached hydrogen (secondary N) is 1. The molecule has 118 valence electrons. The van der Waals surface area contributed by atoms with Gasteiger partial charge in [0, 0.05) is 19.5 Å². The van der Waals surface area contributed by atoms with E-state index < -0.39 is 5.97 Å². The Morgan fingerprint density at radius 3 is 2.30 bits per heavy atom. The second-order valence-electron chi connectivity index (χ2n) is 5.74. The van der Waals surface area contributed by atoms with Gasteiger partial charge < -0.3 is 16.2 Å². The van der Waals surface area contributed by atoms with Crippen LogP contribution in [0.5, 0.6) is 0 Å². The molecule has 0 aromatic rings. The lowest BCUT2D eigenvalue weighted by atomic mass is 9.88. The van der Waals surface area contributed by atoms with Gasteiger partial charge in [0.25, 0.3) is 0 Å². The molecular weight excluding hydrogens is 256 g/mol. The number of amides is 1. The molecule has 2 atom stereocenters. The summed E-state index contributed by atoms with van der Waals surface area (Å²) in [6, 6.07) is 0. The molecule has 20 heavy (non-hydrogen) atoms. The van der Waals surface area contributed by atoms with Crippen LogP contribution in [0.3, 0.4) is 0 Å². The van der Waals surface area contributed by atoms with E-state index >= 15 is 0 Å². The van der Waals surface area contributed by atoms with Crippen LogP contribution in [0.2, 0.25) is 0 Å². The number of rotatable bonds is 11. The quantitative estimate of drug-likeness (QED) is 0.541. The Hall–Kier alpha value is -1.10. The molecular formula is C15H30N2O3. The fourth-order valence-corrected chi connectivity index (χ4v) is 2.35. The van der Waals surface area contributed by atoms with E-state index in [9.17, 15) is 9.59 Å². The Morgan fingerprint density at radius 1 is 1.20 bits per heavy atom. The zero-order valence-corrected chi connectivity index (χ0v) is 13.0. The number of hydrogen-bond donors (Lipinski definition) is 3. The molecule has 0 aliphatic rings. The minimum atomic E-state index is -0.758. The molecule has 0 bridgehead atoms. The van der Waals surface area contributed by atoms with E-state index in [0.29, 0.717) is 31.3 Å². The molecule has 4 N–H and O–H groups in total. The normalized spacial score (nSPS) is 14.1. The van der Waals surface area contributed by atoms with Gasteiger partial charge in [0.1, 0.15) is 0 Å². The van der Waals surface area contributed by atoms with Crippen LogP contribution in [0.1, 0.15) is 52.9 Å². The molecule has 0 radical (unpaired) electrons. The van der Waals surface area contributed by atoms with Gasteiger partial charge in [0.2, 0.25) is 5.91 Å². The Bertz CT molecular complexity index is 293. The number of carbonyl (C=O) groups is 2. The highest BCUT2D eigenvalue weighted by Crippen LogP contribution is 2.20. The molecule has 5 heteroatoms. The highest BCUT2D eigenvalue weighted by molar-refractivity contribution is 5.78. The number of nitrogens with two attached hydrogens (primary N) is 1. The smallest absolute Gasteiger partial charge is 0.303 e. The largest absolute Gasteiger partial charge is 0.481 e. The van der Waals surface area contributed by atoms with Crippen molar-refractivity contribution >= 4 is 11.9 Å². The van der Waals surface area contributed by atoms with Gasteiger partial charge in [-0.2, -0.15) is 0 Å². The van der Waals surface area contributed by atoms with E-state index in [0.717, 1.165) is 19.3 Å². The Balaban J connectivity index is 4.09. The lowest BCUT2D eigenvalue weighted by Gasteiger charge is -2.21. The van der Waals surface area contributed by atoms with E-state index in [-0.39, 0.29) is 18.2 Å². The summed E-state index contributed by atoms with van der Waals surface area (Å²) in [4.78, 5) is 22.5. The molecule has 0 aliphatic carbocycles. The van der Waals surface area contributed by atoms with Crippen LogP contribution in [0, 0.1) is 17.8 Å². The fourth-order valence-electron chi connectivity index (χ4n) is 2.35. The van der Waals surface area contributed by atoms with Gasteiger partial charge in [-0.3, -0.25) is 9.59 Å². The lowest BCUT2D eigenvalue weighted by Crippen LogP contribution is -2.36. The van der Waals surface area contributed by atoms with E-state index in [1.807, 2.05) is 6.92 Å². The van der Waals surface area contributed by atoms with Gasteiger partial charge in [-0.1, -0.05) is 27.2 Å². The predicted molar refractivity (Wildman–Crippen MR) is 80.3 cm³/mol. The zero-order chi connectivity index (χ0) is 15.5. The molecule has 0 saturated heterocycles. The standard InChI is InChI=1S/C15H30N2O3/c1-4-5-13(10-16)15(20)17-9-8-12(11(2)3)6-7-14(18)19/h11-13H,4-10,16H2,1-3H3,(H,17,20)(H,18,19). The van der Waals surface area contributed by atoms with Crippen molar-refractivity contribution in [1.82, 2.24) is 5.32 Å². The maximum Gasteiger partial charge on any atom is 0.303 e. The average molecular weight is 286 g/mol. The number of carboxylic acids is 1. The van der Waals surface area contributed by atoms with Crippen molar-refractivity contribution in [3.05, 3.63) is 0 Å². The number of carbonyl (C=O) groups excluding carboxylic acids is 1. The van der Waals surface area contributed by atoms with Crippen molar-refractivity contribution in [1.29, 1.82) is 0 Å². The molecule has 2 unspecified atom stereocenters. The first kappa shape index (κ1) is 18.9. The van der Waals surface area contributed by atoms with Crippen molar-refractivity contribution in [3.8, 4) is 0 Å². The van der Waals surface area contributed by atoms with Crippen molar-refractivity contribution in [3.63, 3.8) is 0 Å². The molecule has 0 rings (SSSR count). The van der Waals surface area contributed by atoms with Gasteiger partial charge >= 0.3 is 5.97 Å². The first-order valence-corrected chi connectivity index (χ1v) is 7.61.